The van der Waals surface area contributed by atoms with Crippen LogP contribution in [0.4, 0.5) is 11.5 Å². The normalized spacial score (nSPS) is 14.1. The molecule has 2 aromatic heterocycles. The molecule has 0 saturated heterocycles. The summed E-state index contributed by atoms with van der Waals surface area (Å²) in [6, 6.07) is 18.3. The molecule has 0 fully saturated rings. The van der Waals surface area contributed by atoms with Gasteiger partial charge >= 0.3 is 0 Å². The standard InChI is InChI=1S/C24H23N3OS/c1-15(28)17-9-5-10-18(14-17)25-23-22-19-11-6-12-20(19)29-24(22)27-21(26-23)13-16-7-3-2-4-8-16/h2-5,7-10,14-15,28H,6,11-13H2,1H3,(H,25,26,27). The summed E-state index contributed by atoms with van der Waals surface area (Å²) in [5, 5.41) is 14.6. The van der Waals surface area contributed by atoms with Gasteiger partial charge in [-0.1, -0.05) is 42.5 Å². The lowest BCUT2D eigenvalue weighted by molar-refractivity contribution is 0.199. The minimum absolute atomic E-state index is 0.499. The van der Waals surface area contributed by atoms with E-state index >= 15 is 0 Å². The monoisotopic (exact) mass is 401 g/mol. The molecule has 0 saturated carbocycles. The third-order valence-corrected chi connectivity index (χ3v) is 6.63. The number of rotatable bonds is 5. The van der Waals surface area contributed by atoms with E-state index in [1.807, 2.05) is 53.8 Å². The van der Waals surface area contributed by atoms with Gasteiger partial charge in [0.05, 0.1) is 11.5 Å². The van der Waals surface area contributed by atoms with Crippen molar-refractivity contribution in [2.75, 3.05) is 5.32 Å². The Morgan fingerprint density at radius 1 is 1.07 bits per heavy atom. The highest BCUT2D eigenvalue weighted by molar-refractivity contribution is 7.19. The molecule has 1 aliphatic rings. The van der Waals surface area contributed by atoms with Crippen LogP contribution in [-0.4, -0.2) is 15.1 Å². The Bertz CT molecular complexity index is 1170. The van der Waals surface area contributed by atoms with Crippen molar-refractivity contribution in [3.63, 3.8) is 0 Å². The zero-order valence-electron chi connectivity index (χ0n) is 16.4. The van der Waals surface area contributed by atoms with Gasteiger partial charge in [0.1, 0.15) is 16.5 Å². The molecule has 5 heteroatoms. The van der Waals surface area contributed by atoms with Crippen LogP contribution in [0.25, 0.3) is 10.2 Å². The second-order valence-electron chi connectivity index (χ2n) is 7.61. The maximum atomic E-state index is 9.94. The molecular weight excluding hydrogens is 378 g/mol. The second-order valence-corrected chi connectivity index (χ2v) is 8.70. The maximum Gasteiger partial charge on any atom is 0.143 e. The Morgan fingerprint density at radius 3 is 2.76 bits per heavy atom. The zero-order valence-corrected chi connectivity index (χ0v) is 17.2. The van der Waals surface area contributed by atoms with Crippen molar-refractivity contribution < 1.29 is 5.11 Å². The summed E-state index contributed by atoms with van der Waals surface area (Å²) in [5.74, 6) is 1.71. The van der Waals surface area contributed by atoms with E-state index in [2.05, 4.69) is 17.4 Å². The fourth-order valence-corrected chi connectivity index (χ4v) is 5.28. The summed E-state index contributed by atoms with van der Waals surface area (Å²) in [6.45, 7) is 1.78. The molecule has 0 radical (unpaired) electrons. The number of fused-ring (bicyclic) bond motifs is 3. The fraction of sp³-hybridized carbons (Fsp3) is 0.250. The van der Waals surface area contributed by atoms with E-state index in [-0.39, 0.29) is 0 Å². The van der Waals surface area contributed by atoms with Crippen LogP contribution in [-0.2, 0) is 19.3 Å². The Kier molecular flexibility index (Phi) is 4.78. The van der Waals surface area contributed by atoms with Gasteiger partial charge in [0.15, 0.2) is 0 Å². The molecule has 2 aromatic carbocycles. The number of anilines is 2. The number of hydrogen-bond acceptors (Lipinski definition) is 5. The van der Waals surface area contributed by atoms with Crippen molar-refractivity contribution in [3.05, 3.63) is 82.0 Å². The molecule has 0 amide bonds. The number of aliphatic hydroxyl groups excluding tert-OH is 1. The summed E-state index contributed by atoms with van der Waals surface area (Å²) in [7, 11) is 0. The van der Waals surface area contributed by atoms with Crippen LogP contribution in [0.3, 0.4) is 0 Å². The Hall–Kier alpha value is -2.76. The van der Waals surface area contributed by atoms with Crippen molar-refractivity contribution in [2.24, 2.45) is 0 Å². The summed E-state index contributed by atoms with van der Waals surface area (Å²) in [4.78, 5) is 12.4. The fourth-order valence-electron chi connectivity index (χ4n) is 4.00. The van der Waals surface area contributed by atoms with E-state index in [0.29, 0.717) is 6.42 Å². The molecule has 1 atom stereocenters. The van der Waals surface area contributed by atoms with Crippen LogP contribution in [0.5, 0.6) is 0 Å². The topological polar surface area (TPSA) is 58.0 Å². The molecule has 4 nitrogen and oxygen atoms in total. The van der Waals surface area contributed by atoms with E-state index in [1.54, 1.807) is 6.92 Å². The molecule has 1 aliphatic carbocycles. The van der Waals surface area contributed by atoms with Crippen LogP contribution in [0, 0.1) is 0 Å². The highest BCUT2D eigenvalue weighted by Gasteiger charge is 2.22. The zero-order chi connectivity index (χ0) is 19.8. The predicted molar refractivity (Wildman–Crippen MR) is 119 cm³/mol. The van der Waals surface area contributed by atoms with E-state index in [9.17, 15) is 5.11 Å². The summed E-state index contributed by atoms with van der Waals surface area (Å²) in [6.07, 6.45) is 3.66. The summed E-state index contributed by atoms with van der Waals surface area (Å²) in [5.41, 5.74) is 4.44. The number of aryl methyl sites for hydroxylation is 2. The number of aliphatic hydroxyl groups is 1. The Balaban J connectivity index is 1.59. The van der Waals surface area contributed by atoms with E-state index < -0.39 is 6.10 Å². The van der Waals surface area contributed by atoms with E-state index in [0.717, 1.165) is 40.6 Å². The van der Waals surface area contributed by atoms with Crippen molar-refractivity contribution in [1.82, 2.24) is 9.97 Å². The second kappa shape index (κ2) is 7.58. The van der Waals surface area contributed by atoms with Crippen LogP contribution >= 0.6 is 11.3 Å². The van der Waals surface area contributed by atoms with Gasteiger partial charge in [-0.05, 0) is 55.0 Å². The van der Waals surface area contributed by atoms with Gasteiger partial charge < -0.3 is 10.4 Å². The van der Waals surface area contributed by atoms with Crippen LogP contribution in [0.2, 0.25) is 0 Å². The number of hydrogen-bond donors (Lipinski definition) is 2. The lowest BCUT2D eigenvalue weighted by Crippen LogP contribution is -2.03. The van der Waals surface area contributed by atoms with Gasteiger partial charge in [0, 0.05) is 17.0 Å². The third-order valence-electron chi connectivity index (χ3n) is 5.45. The number of benzene rings is 2. The third kappa shape index (κ3) is 3.63. The van der Waals surface area contributed by atoms with Gasteiger partial charge in [0.2, 0.25) is 0 Å². The van der Waals surface area contributed by atoms with E-state index in [4.69, 9.17) is 9.97 Å². The van der Waals surface area contributed by atoms with Crippen molar-refractivity contribution in [1.29, 1.82) is 0 Å². The molecule has 29 heavy (non-hydrogen) atoms. The molecule has 0 bridgehead atoms. The molecule has 0 aliphatic heterocycles. The highest BCUT2D eigenvalue weighted by atomic mass is 32.1. The number of nitrogens with zero attached hydrogens (tertiary/aromatic N) is 2. The van der Waals surface area contributed by atoms with Gasteiger partial charge in [-0.15, -0.1) is 11.3 Å². The highest BCUT2D eigenvalue weighted by Crippen LogP contribution is 2.40. The smallest absolute Gasteiger partial charge is 0.143 e. The van der Waals surface area contributed by atoms with Gasteiger partial charge in [0.25, 0.3) is 0 Å². The van der Waals surface area contributed by atoms with Crippen molar-refractivity contribution in [2.45, 2.75) is 38.7 Å². The first-order valence-corrected chi connectivity index (χ1v) is 10.9. The number of thiophene rings is 1. The summed E-state index contributed by atoms with van der Waals surface area (Å²) < 4.78 is 0. The minimum Gasteiger partial charge on any atom is -0.389 e. The van der Waals surface area contributed by atoms with Crippen LogP contribution in [0.15, 0.2) is 54.6 Å². The largest absolute Gasteiger partial charge is 0.389 e. The summed E-state index contributed by atoms with van der Waals surface area (Å²) >= 11 is 1.81. The van der Waals surface area contributed by atoms with Gasteiger partial charge in [-0.2, -0.15) is 0 Å². The van der Waals surface area contributed by atoms with E-state index in [1.165, 1.54) is 27.8 Å². The molecule has 5 rings (SSSR count). The molecular formula is C24H23N3OS. The number of aromatic nitrogens is 2. The molecule has 146 valence electrons. The predicted octanol–water partition coefficient (Wildman–Crippen LogP) is 5.57. The molecule has 2 N–H and O–H groups in total. The first-order valence-electron chi connectivity index (χ1n) is 10.1. The average Bonchev–Trinajstić information content (AvgIpc) is 3.30. The maximum absolute atomic E-state index is 9.94. The lowest BCUT2D eigenvalue weighted by atomic mass is 10.1. The lowest BCUT2D eigenvalue weighted by Gasteiger charge is -2.12. The number of nitrogens with one attached hydrogen (secondary N) is 1. The van der Waals surface area contributed by atoms with Crippen molar-refractivity contribution >= 4 is 33.1 Å². The molecule has 0 spiro atoms. The molecule has 4 aromatic rings. The van der Waals surface area contributed by atoms with Crippen LogP contribution < -0.4 is 5.32 Å². The molecule has 2 heterocycles. The minimum atomic E-state index is -0.499. The molecule has 1 unspecified atom stereocenters. The SMILES string of the molecule is CC(O)c1cccc(Nc2nc(Cc3ccccc3)nc3sc4c(c23)CCC4)c1. The Labute approximate surface area is 174 Å². The quantitative estimate of drug-likeness (QED) is 0.459. The van der Waals surface area contributed by atoms with Crippen molar-refractivity contribution in [3.8, 4) is 0 Å². The van der Waals surface area contributed by atoms with Gasteiger partial charge in [-0.25, -0.2) is 9.97 Å². The Morgan fingerprint density at radius 2 is 1.93 bits per heavy atom. The van der Waals surface area contributed by atoms with Crippen LogP contribution in [0.1, 0.15) is 46.8 Å². The average molecular weight is 402 g/mol. The first-order chi connectivity index (χ1) is 14.2. The van der Waals surface area contributed by atoms with Gasteiger partial charge in [-0.3, -0.25) is 0 Å². The first kappa shape index (κ1) is 18.3.